The van der Waals surface area contributed by atoms with Crippen LogP contribution in [0, 0.1) is 0 Å². The van der Waals surface area contributed by atoms with Crippen LogP contribution in [0.2, 0.25) is 0 Å². The van der Waals surface area contributed by atoms with E-state index in [1.165, 1.54) is 16.9 Å². The highest BCUT2D eigenvalue weighted by Crippen LogP contribution is 2.29. The van der Waals surface area contributed by atoms with E-state index < -0.39 is 0 Å². The monoisotopic (exact) mass is 410 g/mol. The third-order valence-electron chi connectivity index (χ3n) is 4.65. The van der Waals surface area contributed by atoms with Gasteiger partial charge in [0.25, 0.3) is 5.91 Å². The maximum Gasteiger partial charge on any atom is 0.253 e. The number of thiophene rings is 1. The van der Waals surface area contributed by atoms with Crippen LogP contribution in [0.1, 0.15) is 24.6 Å². The molecular formula is C23H26N2O3S. The summed E-state index contributed by atoms with van der Waals surface area (Å²) in [5.41, 5.74) is 9.62. The summed E-state index contributed by atoms with van der Waals surface area (Å²) in [5, 5.41) is 3.75. The summed E-state index contributed by atoms with van der Waals surface area (Å²) in [5.74, 6) is 0.615. The Hall–Kier alpha value is -2.83. The lowest BCUT2D eigenvalue weighted by Gasteiger charge is -2.10. The molecule has 0 fully saturated rings. The van der Waals surface area contributed by atoms with Crippen LogP contribution in [0.3, 0.4) is 0 Å². The molecule has 1 aliphatic rings. The lowest BCUT2D eigenvalue weighted by atomic mass is 10.0. The molecule has 1 aliphatic carbocycles. The van der Waals surface area contributed by atoms with Gasteiger partial charge in [-0.05, 0) is 42.3 Å². The molecule has 0 radical (unpaired) electrons. The van der Waals surface area contributed by atoms with Gasteiger partial charge in [-0.2, -0.15) is 0 Å². The molecule has 152 valence electrons. The van der Waals surface area contributed by atoms with Crippen molar-refractivity contribution in [2.24, 2.45) is 5.73 Å². The maximum atomic E-state index is 12.7. The van der Waals surface area contributed by atoms with Gasteiger partial charge in [0.2, 0.25) is 0 Å². The Balaban J connectivity index is 1.61. The van der Waals surface area contributed by atoms with Crippen molar-refractivity contribution in [1.29, 1.82) is 0 Å². The van der Waals surface area contributed by atoms with E-state index in [2.05, 4.69) is 12.2 Å². The molecule has 3 rings (SSSR count). The second-order valence-electron chi connectivity index (χ2n) is 6.68. The molecule has 0 bridgehead atoms. The summed E-state index contributed by atoms with van der Waals surface area (Å²) < 4.78 is 11.1. The highest BCUT2D eigenvalue weighted by molar-refractivity contribution is 7.13. The summed E-state index contributed by atoms with van der Waals surface area (Å²) in [6.07, 6.45) is 5.19. The third kappa shape index (κ3) is 5.59. The molecule has 3 N–H and O–H groups in total. The number of nitrogens with two attached hydrogens (primary N) is 1. The number of nitrogens with one attached hydrogen (secondary N) is 1. The first-order valence-electron chi connectivity index (χ1n) is 9.57. The first-order chi connectivity index (χ1) is 14.1. The average Bonchev–Trinajstić information content (AvgIpc) is 3.11. The molecular weight excluding hydrogens is 384 g/mol. The Labute approximate surface area is 175 Å². The number of hydrogen-bond donors (Lipinski definition) is 2. The van der Waals surface area contributed by atoms with Gasteiger partial charge < -0.3 is 20.5 Å². The molecule has 0 aliphatic heterocycles. The van der Waals surface area contributed by atoms with Crippen molar-refractivity contribution in [1.82, 2.24) is 5.32 Å². The van der Waals surface area contributed by atoms with Gasteiger partial charge in [0, 0.05) is 24.1 Å². The van der Waals surface area contributed by atoms with Gasteiger partial charge in [-0.15, -0.1) is 11.3 Å². The Morgan fingerprint density at radius 1 is 1.17 bits per heavy atom. The zero-order chi connectivity index (χ0) is 20.6. The minimum Gasteiger partial charge on any atom is -0.447 e. The SMILES string of the molecule is CCC1=C(COC)C=CC(C(=O)NCc2ccc(Oc3ccccc3)s2)=C(N)C1. The average molecular weight is 411 g/mol. The van der Waals surface area contributed by atoms with E-state index in [0.29, 0.717) is 30.8 Å². The number of hydrogen-bond acceptors (Lipinski definition) is 5. The van der Waals surface area contributed by atoms with Crippen LogP contribution >= 0.6 is 11.3 Å². The molecule has 0 unspecified atom stereocenters. The van der Waals surface area contributed by atoms with Crippen molar-refractivity contribution in [2.45, 2.75) is 26.3 Å². The fourth-order valence-corrected chi connectivity index (χ4v) is 3.91. The molecule has 0 atom stereocenters. The highest BCUT2D eigenvalue weighted by atomic mass is 32.1. The van der Waals surface area contributed by atoms with Gasteiger partial charge >= 0.3 is 0 Å². The lowest BCUT2D eigenvalue weighted by molar-refractivity contribution is -0.117. The van der Waals surface area contributed by atoms with Crippen LogP contribution in [0.15, 0.2) is 77.0 Å². The van der Waals surface area contributed by atoms with Crippen LogP contribution in [0.25, 0.3) is 0 Å². The second-order valence-corrected chi connectivity index (χ2v) is 7.81. The summed E-state index contributed by atoms with van der Waals surface area (Å²) in [7, 11) is 1.67. The maximum absolute atomic E-state index is 12.7. The number of carbonyl (C=O) groups is 1. The van der Waals surface area contributed by atoms with Crippen molar-refractivity contribution in [2.75, 3.05) is 13.7 Å². The van der Waals surface area contributed by atoms with E-state index in [1.54, 1.807) is 13.2 Å². The Morgan fingerprint density at radius 3 is 2.69 bits per heavy atom. The number of carbonyl (C=O) groups excluding carboxylic acids is 1. The van der Waals surface area contributed by atoms with Crippen LogP contribution in [-0.2, 0) is 16.1 Å². The molecule has 1 heterocycles. The van der Waals surface area contributed by atoms with Crippen molar-refractivity contribution >= 4 is 17.2 Å². The molecule has 5 nitrogen and oxygen atoms in total. The molecule has 0 spiro atoms. The quantitative estimate of drug-likeness (QED) is 0.663. The fourth-order valence-electron chi connectivity index (χ4n) is 3.10. The minimum absolute atomic E-state index is 0.174. The number of ether oxygens (including phenoxy) is 2. The smallest absolute Gasteiger partial charge is 0.253 e. The van der Waals surface area contributed by atoms with Gasteiger partial charge in [-0.3, -0.25) is 4.79 Å². The Kier molecular flexibility index (Phi) is 7.27. The van der Waals surface area contributed by atoms with Gasteiger partial charge in [0.1, 0.15) is 5.75 Å². The van der Waals surface area contributed by atoms with Crippen molar-refractivity contribution in [3.8, 4) is 10.8 Å². The van der Waals surface area contributed by atoms with Gasteiger partial charge in [0.15, 0.2) is 5.06 Å². The number of amides is 1. The molecule has 2 aromatic rings. The highest BCUT2D eigenvalue weighted by Gasteiger charge is 2.17. The molecule has 0 saturated carbocycles. The summed E-state index contributed by atoms with van der Waals surface area (Å²) in [6.45, 7) is 3.02. The topological polar surface area (TPSA) is 73.6 Å². The van der Waals surface area contributed by atoms with Crippen LogP contribution in [-0.4, -0.2) is 19.6 Å². The molecule has 1 amide bonds. The van der Waals surface area contributed by atoms with E-state index in [9.17, 15) is 4.79 Å². The second kappa shape index (κ2) is 10.1. The standard InChI is InChI=1S/C23H26N2O3S/c1-3-16-13-21(24)20(11-9-17(16)15-27-2)23(26)25-14-19-10-12-22(29-19)28-18-7-5-4-6-8-18/h4-12H,3,13-15,24H2,1-2H3,(H,25,26). The van der Waals surface area contributed by atoms with Gasteiger partial charge in [-0.1, -0.05) is 36.8 Å². The Bertz CT molecular complexity index is 942. The summed E-state index contributed by atoms with van der Waals surface area (Å²) in [4.78, 5) is 13.7. The van der Waals surface area contributed by atoms with E-state index in [-0.39, 0.29) is 5.91 Å². The van der Waals surface area contributed by atoms with Crippen LogP contribution < -0.4 is 15.8 Å². The molecule has 29 heavy (non-hydrogen) atoms. The zero-order valence-corrected chi connectivity index (χ0v) is 17.6. The lowest BCUT2D eigenvalue weighted by Crippen LogP contribution is -2.25. The first-order valence-corrected chi connectivity index (χ1v) is 10.4. The summed E-state index contributed by atoms with van der Waals surface area (Å²) >= 11 is 1.51. The number of para-hydroxylation sites is 1. The first kappa shape index (κ1) is 20.9. The molecule has 0 saturated heterocycles. The normalized spacial score (nSPS) is 14.1. The Morgan fingerprint density at radius 2 is 1.97 bits per heavy atom. The van der Waals surface area contributed by atoms with Crippen LogP contribution in [0.4, 0.5) is 0 Å². The predicted molar refractivity (Wildman–Crippen MR) is 117 cm³/mol. The van der Waals surface area contributed by atoms with Crippen LogP contribution in [0.5, 0.6) is 10.8 Å². The summed E-state index contributed by atoms with van der Waals surface area (Å²) in [6, 6.07) is 13.5. The molecule has 6 heteroatoms. The number of allylic oxidation sites excluding steroid dienone is 1. The number of rotatable bonds is 8. The molecule has 1 aromatic carbocycles. The van der Waals surface area contributed by atoms with Gasteiger partial charge in [0.05, 0.1) is 18.7 Å². The molecule has 1 aromatic heterocycles. The van der Waals surface area contributed by atoms with Gasteiger partial charge in [-0.25, -0.2) is 0 Å². The van der Waals surface area contributed by atoms with E-state index in [1.807, 2.05) is 48.5 Å². The van der Waals surface area contributed by atoms with E-state index in [0.717, 1.165) is 27.7 Å². The number of methoxy groups -OCH3 is 1. The number of benzene rings is 1. The third-order valence-corrected chi connectivity index (χ3v) is 5.61. The van der Waals surface area contributed by atoms with Crippen molar-refractivity contribution in [3.05, 3.63) is 81.9 Å². The predicted octanol–water partition coefficient (Wildman–Crippen LogP) is 4.68. The minimum atomic E-state index is -0.174. The largest absolute Gasteiger partial charge is 0.447 e. The fraction of sp³-hybridized carbons (Fsp3) is 0.261. The van der Waals surface area contributed by atoms with E-state index >= 15 is 0 Å². The zero-order valence-electron chi connectivity index (χ0n) is 16.7. The van der Waals surface area contributed by atoms with E-state index in [4.69, 9.17) is 15.2 Å². The van der Waals surface area contributed by atoms with Crippen molar-refractivity contribution in [3.63, 3.8) is 0 Å². The van der Waals surface area contributed by atoms with Crippen molar-refractivity contribution < 1.29 is 14.3 Å².